The maximum absolute atomic E-state index is 12.2. The fourth-order valence-electron chi connectivity index (χ4n) is 2.10. The summed E-state index contributed by atoms with van der Waals surface area (Å²) in [5, 5.41) is 11.8. The topological polar surface area (TPSA) is 40.5 Å². The van der Waals surface area contributed by atoms with Crippen molar-refractivity contribution >= 4 is 33.2 Å². The Morgan fingerprint density at radius 3 is 2.88 bits per heavy atom. The first kappa shape index (κ1) is 13.1. The van der Waals surface area contributed by atoms with Crippen molar-refractivity contribution in [3.8, 4) is 0 Å². The van der Waals surface area contributed by atoms with E-state index >= 15 is 0 Å². The normalized spacial score (nSPS) is 23.8. The lowest BCUT2D eigenvalue weighted by Crippen LogP contribution is -2.50. The zero-order chi connectivity index (χ0) is 12.6. The van der Waals surface area contributed by atoms with E-state index in [0.29, 0.717) is 19.5 Å². The summed E-state index contributed by atoms with van der Waals surface area (Å²) in [7, 11) is 0. The van der Waals surface area contributed by atoms with E-state index in [0.717, 1.165) is 9.35 Å². The third kappa shape index (κ3) is 2.72. The number of aliphatic hydroxyl groups is 1. The van der Waals surface area contributed by atoms with Crippen LogP contribution in [0.5, 0.6) is 0 Å². The van der Waals surface area contributed by atoms with Crippen LogP contribution in [-0.4, -0.2) is 35.1 Å². The lowest BCUT2D eigenvalue weighted by molar-refractivity contribution is -0.0180. The van der Waals surface area contributed by atoms with Gasteiger partial charge >= 0.3 is 0 Å². The summed E-state index contributed by atoms with van der Waals surface area (Å²) < 4.78 is 0.946. The van der Waals surface area contributed by atoms with Gasteiger partial charge < -0.3 is 10.0 Å². The molecule has 0 spiro atoms. The largest absolute Gasteiger partial charge is 0.392 e. The Morgan fingerprint density at radius 1 is 1.65 bits per heavy atom. The molecule has 1 unspecified atom stereocenters. The summed E-state index contributed by atoms with van der Waals surface area (Å²) in [4.78, 5) is 14.8. The number of piperidine rings is 1. The fraction of sp³-hybridized carbons (Fsp3) is 0.583. The lowest BCUT2D eigenvalue weighted by Gasteiger charge is -2.41. The number of hydrogen-bond donors (Lipinski definition) is 1. The van der Waals surface area contributed by atoms with Gasteiger partial charge in [0, 0.05) is 28.4 Å². The van der Waals surface area contributed by atoms with Crippen LogP contribution in [0, 0.1) is 5.41 Å². The van der Waals surface area contributed by atoms with Crippen molar-refractivity contribution in [3.63, 3.8) is 0 Å². The van der Waals surface area contributed by atoms with Gasteiger partial charge in [0.1, 0.15) is 0 Å². The Hall–Kier alpha value is -0.390. The van der Waals surface area contributed by atoms with E-state index in [1.54, 1.807) is 0 Å². The van der Waals surface area contributed by atoms with Crippen LogP contribution < -0.4 is 0 Å². The highest BCUT2D eigenvalue weighted by molar-refractivity contribution is 9.10. The van der Waals surface area contributed by atoms with E-state index in [1.165, 1.54) is 11.3 Å². The van der Waals surface area contributed by atoms with Crippen molar-refractivity contribution in [2.24, 2.45) is 5.41 Å². The molecule has 0 bridgehead atoms. The van der Waals surface area contributed by atoms with E-state index in [-0.39, 0.29) is 17.4 Å². The highest BCUT2D eigenvalue weighted by atomic mass is 79.9. The Morgan fingerprint density at radius 2 is 2.35 bits per heavy atom. The van der Waals surface area contributed by atoms with Crippen LogP contribution in [0.15, 0.2) is 15.9 Å². The first-order valence-electron chi connectivity index (χ1n) is 5.61. The molecule has 2 rings (SSSR count). The van der Waals surface area contributed by atoms with Gasteiger partial charge in [-0.25, -0.2) is 0 Å². The van der Waals surface area contributed by atoms with E-state index in [2.05, 4.69) is 15.9 Å². The molecule has 17 heavy (non-hydrogen) atoms. The molecule has 0 aliphatic carbocycles. The minimum atomic E-state index is -0.318. The monoisotopic (exact) mass is 317 g/mol. The Labute approximate surface area is 114 Å². The number of carbonyl (C=O) groups is 1. The molecule has 1 saturated heterocycles. The number of halogens is 1. The third-order valence-corrected chi connectivity index (χ3v) is 4.92. The zero-order valence-electron chi connectivity index (χ0n) is 9.94. The lowest BCUT2D eigenvalue weighted by atomic mass is 9.81. The molecule has 5 heteroatoms. The van der Waals surface area contributed by atoms with Gasteiger partial charge in [0.2, 0.25) is 0 Å². The minimum absolute atomic E-state index is 0.0701. The van der Waals surface area contributed by atoms with Gasteiger partial charge in [-0.15, -0.1) is 11.3 Å². The molecule has 1 aromatic heterocycles. The number of nitrogens with zero attached hydrogens (tertiary/aromatic N) is 1. The SMILES string of the molecule is CC1(C)CN(C(=O)c2cc(Br)cs2)CCC1O. The molecular weight excluding hydrogens is 302 g/mol. The van der Waals surface area contributed by atoms with Crippen LogP contribution in [0.1, 0.15) is 29.9 Å². The van der Waals surface area contributed by atoms with E-state index in [1.807, 2.05) is 30.2 Å². The average molecular weight is 318 g/mol. The molecule has 1 amide bonds. The van der Waals surface area contributed by atoms with Crippen LogP contribution in [0.25, 0.3) is 0 Å². The van der Waals surface area contributed by atoms with Crippen LogP contribution >= 0.6 is 27.3 Å². The maximum atomic E-state index is 12.2. The minimum Gasteiger partial charge on any atom is -0.392 e. The maximum Gasteiger partial charge on any atom is 0.263 e. The number of hydrogen-bond acceptors (Lipinski definition) is 3. The van der Waals surface area contributed by atoms with Crippen molar-refractivity contribution in [2.75, 3.05) is 13.1 Å². The second-order valence-electron chi connectivity index (χ2n) is 5.15. The second kappa shape index (κ2) is 4.71. The number of thiophene rings is 1. The Kier molecular flexibility index (Phi) is 3.61. The molecule has 0 radical (unpaired) electrons. The molecule has 0 saturated carbocycles. The molecule has 3 nitrogen and oxygen atoms in total. The third-order valence-electron chi connectivity index (χ3n) is 3.24. The molecule has 94 valence electrons. The first-order chi connectivity index (χ1) is 7.90. The van der Waals surface area contributed by atoms with E-state index < -0.39 is 0 Å². The number of likely N-dealkylation sites (tertiary alicyclic amines) is 1. The van der Waals surface area contributed by atoms with Gasteiger partial charge in [0.25, 0.3) is 5.91 Å². The summed E-state index contributed by atoms with van der Waals surface area (Å²) in [6, 6.07) is 1.85. The number of aliphatic hydroxyl groups excluding tert-OH is 1. The fourth-order valence-corrected chi connectivity index (χ4v) is 3.49. The quantitative estimate of drug-likeness (QED) is 0.865. The molecule has 0 aromatic carbocycles. The smallest absolute Gasteiger partial charge is 0.263 e. The molecule has 1 atom stereocenters. The van der Waals surface area contributed by atoms with Crippen LogP contribution in [0.3, 0.4) is 0 Å². The van der Waals surface area contributed by atoms with Crippen LogP contribution in [0.2, 0.25) is 0 Å². The van der Waals surface area contributed by atoms with Crippen molar-refractivity contribution in [3.05, 3.63) is 20.8 Å². The van der Waals surface area contributed by atoms with Crippen LogP contribution in [0.4, 0.5) is 0 Å². The number of rotatable bonds is 1. The van der Waals surface area contributed by atoms with Crippen molar-refractivity contribution in [1.82, 2.24) is 4.90 Å². The van der Waals surface area contributed by atoms with Crippen molar-refractivity contribution < 1.29 is 9.90 Å². The summed E-state index contributed by atoms with van der Waals surface area (Å²) in [5.74, 6) is 0.0701. The molecular formula is C12H16BrNO2S. The van der Waals surface area contributed by atoms with E-state index in [9.17, 15) is 9.90 Å². The molecule has 1 fully saturated rings. The average Bonchev–Trinajstić information content (AvgIpc) is 2.68. The second-order valence-corrected chi connectivity index (χ2v) is 6.98. The highest BCUT2D eigenvalue weighted by Crippen LogP contribution is 2.31. The highest BCUT2D eigenvalue weighted by Gasteiger charge is 2.36. The van der Waals surface area contributed by atoms with E-state index in [4.69, 9.17) is 0 Å². The van der Waals surface area contributed by atoms with Crippen LogP contribution in [-0.2, 0) is 0 Å². The van der Waals surface area contributed by atoms with Gasteiger partial charge in [0.15, 0.2) is 0 Å². The Balaban J connectivity index is 2.11. The number of amides is 1. The summed E-state index contributed by atoms with van der Waals surface area (Å²) in [6.45, 7) is 5.25. The van der Waals surface area contributed by atoms with Gasteiger partial charge in [-0.2, -0.15) is 0 Å². The predicted octanol–water partition coefficient (Wildman–Crippen LogP) is 2.74. The van der Waals surface area contributed by atoms with Gasteiger partial charge in [-0.1, -0.05) is 13.8 Å². The van der Waals surface area contributed by atoms with Gasteiger partial charge in [0.05, 0.1) is 11.0 Å². The molecule has 2 heterocycles. The summed E-state index contributed by atoms with van der Waals surface area (Å²) in [5.41, 5.74) is -0.220. The zero-order valence-corrected chi connectivity index (χ0v) is 12.3. The van der Waals surface area contributed by atoms with Gasteiger partial charge in [-0.3, -0.25) is 4.79 Å². The molecule has 1 aliphatic heterocycles. The molecule has 1 aromatic rings. The van der Waals surface area contributed by atoms with Crippen molar-refractivity contribution in [1.29, 1.82) is 0 Å². The predicted molar refractivity (Wildman–Crippen MR) is 72.3 cm³/mol. The van der Waals surface area contributed by atoms with Crippen molar-refractivity contribution in [2.45, 2.75) is 26.4 Å². The Bertz CT molecular complexity index is 430. The van der Waals surface area contributed by atoms with Gasteiger partial charge in [-0.05, 0) is 28.4 Å². The number of carbonyl (C=O) groups excluding carboxylic acids is 1. The molecule has 1 N–H and O–H groups in total. The first-order valence-corrected chi connectivity index (χ1v) is 7.29. The summed E-state index contributed by atoms with van der Waals surface area (Å²) in [6.07, 6.45) is 0.340. The standard InChI is InChI=1S/C12H16BrNO2S/c1-12(2)7-14(4-3-10(12)15)11(16)9-5-8(13)6-17-9/h5-6,10,15H,3-4,7H2,1-2H3. The molecule has 1 aliphatic rings. The summed E-state index contributed by atoms with van der Waals surface area (Å²) >= 11 is 4.81.